The zero-order chi connectivity index (χ0) is 14.6. The molecule has 0 aliphatic carbocycles. The number of carbonyl (C=O) groups excluding carboxylic acids is 1. The fourth-order valence-corrected chi connectivity index (χ4v) is 2.15. The highest BCUT2D eigenvalue weighted by molar-refractivity contribution is 5.69. The van der Waals surface area contributed by atoms with Crippen LogP contribution in [-0.4, -0.2) is 65.3 Å². The lowest BCUT2D eigenvalue weighted by Gasteiger charge is -2.37. The standard InChI is InChI=1S/C13H24N2O4/c1-13(2,3)19-12(18)15-7-5-6-10(8-15)14(4)9-11(16)17/h10H,5-9H2,1-4H3,(H,16,17)/t10-/m1/s1. The van der Waals surface area contributed by atoms with Crippen molar-refractivity contribution in [2.75, 3.05) is 26.7 Å². The van der Waals surface area contributed by atoms with Gasteiger partial charge in [0.05, 0.1) is 6.54 Å². The Kier molecular flexibility index (Phi) is 5.17. The van der Waals surface area contributed by atoms with E-state index in [2.05, 4.69) is 0 Å². The molecule has 1 heterocycles. The van der Waals surface area contributed by atoms with Crippen LogP contribution in [0, 0.1) is 0 Å². The summed E-state index contributed by atoms with van der Waals surface area (Å²) in [7, 11) is 1.78. The molecule has 1 amide bonds. The number of rotatable bonds is 3. The molecule has 110 valence electrons. The first-order valence-electron chi connectivity index (χ1n) is 6.59. The van der Waals surface area contributed by atoms with Crippen LogP contribution in [0.25, 0.3) is 0 Å². The molecule has 6 nitrogen and oxygen atoms in total. The third-order valence-electron chi connectivity index (χ3n) is 3.06. The maximum absolute atomic E-state index is 12.0. The number of ether oxygens (including phenoxy) is 1. The van der Waals surface area contributed by atoms with Gasteiger partial charge in [0.15, 0.2) is 0 Å². The Labute approximate surface area is 114 Å². The molecular formula is C13H24N2O4. The smallest absolute Gasteiger partial charge is 0.410 e. The molecule has 1 rings (SSSR count). The van der Waals surface area contributed by atoms with E-state index in [1.54, 1.807) is 16.8 Å². The molecule has 0 aromatic rings. The molecule has 6 heteroatoms. The highest BCUT2D eigenvalue weighted by atomic mass is 16.6. The summed E-state index contributed by atoms with van der Waals surface area (Å²) in [5.41, 5.74) is -0.503. The molecule has 0 bridgehead atoms. The van der Waals surface area contributed by atoms with Gasteiger partial charge in [-0.25, -0.2) is 4.79 Å². The molecular weight excluding hydrogens is 248 g/mol. The van der Waals surface area contributed by atoms with Crippen LogP contribution in [0.4, 0.5) is 4.79 Å². The van der Waals surface area contributed by atoms with Crippen molar-refractivity contribution in [3.63, 3.8) is 0 Å². The second kappa shape index (κ2) is 6.23. The second-order valence-electron chi connectivity index (χ2n) is 6.03. The van der Waals surface area contributed by atoms with Gasteiger partial charge >= 0.3 is 12.1 Å². The Hall–Kier alpha value is -1.30. The van der Waals surface area contributed by atoms with Crippen LogP contribution in [0.15, 0.2) is 0 Å². The van der Waals surface area contributed by atoms with Crippen LogP contribution in [0.5, 0.6) is 0 Å². The first kappa shape index (κ1) is 15.8. The van der Waals surface area contributed by atoms with Crippen molar-refractivity contribution in [3.05, 3.63) is 0 Å². The normalized spacial score (nSPS) is 20.5. The molecule has 1 aliphatic rings. The largest absolute Gasteiger partial charge is 0.480 e. The van der Waals surface area contributed by atoms with Crippen molar-refractivity contribution in [1.29, 1.82) is 0 Å². The number of likely N-dealkylation sites (N-methyl/N-ethyl adjacent to an activating group) is 1. The number of nitrogens with zero attached hydrogens (tertiary/aromatic N) is 2. The second-order valence-corrected chi connectivity index (χ2v) is 6.03. The summed E-state index contributed by atoms with van der Waals surface area (Å²) in [5, 5.41) is 8.80. The Morgan fingerprint density at radius 3 is 2.58 bits per heavy atom. The van der Waals surface area contributed by atoms with Gasteiger partial charge in [0, 0.05) is 19.1 Å². The van der Waals surface area contributed by atoms with Gasteiger partial charge in [-0.2, -0.15) is 0 Å². The Morgan fingerprint density at radius 1 is 1.42 bits per heavy atom. The zero-order valence-corrected chi connectivity index (χ0v) is 12.2. The first-order chi connectivity index (χ1) is 8.69. The minimum absolute atomic E-state index is 0.00712. The van der Waals surface area contributed by atoms with Crippen molar-refractivity contribution < 1.29 is 19.4 Å². The van der Waals surface area contributed by atoms with Crippen LogP contribution in [-0.2, 0) is 9.53 Å². The summed E-state index contributed by atoms with van der Waals surface area (Å²) in [5.74, 6) is -0.850. The minimum Gasteiger partial charge on any atom is -0.480 e. The molecule has 0 unspecified atom stereocenters. The van der Waals surface area contributed by atoms with E-state index in [0.717, 1.165) is 12.8 Å². The van der Waals surface area contributed by atoms with E-state index in [9.17, 15) is 9.59 Å². The number of piperidine rings is 1. The molecule has 19 heavy (non-hydrogen) atoms. The van der Waals surface area contributed by atoms with Crippen LogP contribution in [0.1, 0.15) is 33.6 Å². The molecule has 1 atom stereocenters. The van der Waals surface area contributed by atoms with Gasteiger partial charge in [-0.3, -0.25) is 9.69 Å². The van der Waals surface area contributed by atoms with Crippen LogP contribution < -0.4 is 0 Å². The van der Waals surface area contributed by atoms with Gasteiger partial charge in [-0.1, -0.05) is 0 Å². The lowest BCUT2D eigenvalue weighted by molar-refractivity contribution is -0.138. The molecule has 1 N–H and O–H groups in total. The molecule has 0 saturated carbocycles. The van der Waals surface area contributed by atoms with Gasteiger partial charge in [0.2, 0.25) is 0 Å². The lowest BCUT2D eigenvalue weighted by atomic mass is 10.0. The summed E-state index contributed by atoms with van der Waals surface area (Å²) in [4.78, 5) is 26.1. The van der Waals surface area contributed by atoms with E-state index in [1.807, 2.05) is 20.8 Å². The van der Waals surface area contributed by atoms with E-state index < -0.39 is 11.6 Å². The Bertz CT molecular complexity index is 338. The third kappa shape index (κ3) is 5.46. The highest BCUT2D eigenvalue weighted by Crippen LogP contribution is 2.17. The molecule has 1 aliphatic heterocycles. The molecule has 1 saturated heterocycles. The third-order valence-corrected chi connectivity index (χ3v) is 3.06. The van der Waals surface area contributed by atoms with Gasteiger partial charge in [0.25, 0.3) is 0 Å². The Morgan fingerprint density at radius 2 is 2.05 bits per heavy atom. The molecule has 0 spiro atoms. The van der Waals surface area contributed by atoms with E-state index in [0.29, 0.717) is 13.1 Å². The fraction of sp³-hybridized carbons (Fsp3) is 0.846. The van der Waals surface area contributed by atoms with Crippen LogP contribution in [0.2, 0.25) is 0 Å². The average molecular weight is 272 g/mol. The predicted octanol–water partition coefficient (Wildman–Crippen LogP) is 1.40. The number of carbonyl (C=O) groups is 2. The van der Waals surface area contributed by atoms with E-state index in [-0.39, 0.29) is 18.7 Å². The number of carboxylic acids is 1. The van der Waals surface area contributed by atoms with Crippen molar-refractivity contribution >= 4 is 12.1 Å². The summed E-state index contributed by atoms with van der Waals surface area (Å²) in [6.45, 7) is 6.70. The van der Waals surface area contributed by atoms with E-state index >= 15 is 0 Å². The number of aliphatic carboxylic acids is 1. The minimum atomic E-state index is -0.850. The van der Waals surface area contributed by atoms with Gasteiger partial charge in [-0.05, 0) is 40.7 Å². The lowest BCUT2D eigenvalue weighted by Crippen LogP contribution is -2.50. The number of carboxylic acid groups (broad SMARTS) is 1. The molecule has 0 radical (unpaired) electrons. The van der Waals surface area contributed by atoms with Crippen molar-refractivity contribution in [2.45, 2.75) is 45.3 Å². The summed E-state index contributed by atoms with van der Waals surface area (Å²) in [6, 6.07) is 0.0809. The fourth-order valence-electron chi connectivity index (χ4n) is 2.15. The van der Waals surface area contributed by atoms with E-state index in [4.69, 9.17) is 9.84 Å². The quantitative estimate of drug-likeness (QED) is 0.841. The average Bonchev–Trinajstić information content (AvgIpc) is 2.26. The topological polar surface area (TPSA) is 70.1 Å². The number of hydrogen-bond donors (Lipinski definition) is 1. The predicted molar refractivity (Wildman–Crippen MR) is 71.1 cm³/mol. The van der Waals surface area contributed by atoms with Crippen LogP contribution in [0.3, 0.4) is 0 Å². The molecule has 0 aromatic heterocycles. The first-order valence-corrected chi connectivity index (χ1v) is 6.59. The van der Waals surface area contributed by atoms with Gasteiger partial charge in [-0.15, -0.1) is 0 Å². The van der Waals surface area contributed by atoms with Crippen LogP contribution >= 0.6 is 0 Å². The van der Waals surface area contributed by atoms with Gasteiger partial charge < -0.3 is 14.7 Å². The van der Waals surface area contributed by atoms with Crippen molar-refractivity contribution in [1.82, 2.24) is 9.80 Å². The summed E-state index contributed by atoms with van der Waals surface area (Å²) >= 11 is 0. The Balaban J connectivity index is 2.54. The molecule has 0 aromatic carbocycles. The number of amides is 1. The maximum Gasteiger partial charge on any atom is 0.410 e. The SMILES string of the molecule is CN(CC(=O)O)[C@@H]1CCCN(C(=O)OC(C)(C)C)C1. The highest BCUT2D eigenvalue weighted by Gasteiger charge is 2.29. The number of likely N-dealkylation sites (tertiary alicyclic amines) is 1. The molecule has 1 fully saturated rings. The van der Waals surface area contributed by atoms with E-state index in [1.165, 1.54) is 0 Å². The summed E-state index contributed by atoms with van der Waals surface area (Å²) < 4.78 is 5.34. The number of hydrogen-bond acceptors (Lipinski definition) is 4. The zero-order valence-electron chi connectivity index (χ0n) is 12.2. The monoisotopic (exact) mass is 272 g/mol. The van der Waals surface area contributed by atoms with Crippen molar-refractivity contribution in [2.24, 2.45) is 0 Å². The maximum atomic E-state index is 12.0. The van der Waals surface area contributed by atoms with Crippen molar-refractivity contribution in [3.8, 4) is 0 Å². The summed E-state index contributed by atoms with van der Waals surface area (Å²) in [6.07, 6.45) is 1.46. The van der Waals surface area contributed by atoms with Gasteiger partial charge in [0.1, 0.15) is 5.60 Å².